The molecule has 0 aliphatic carbocycles. The summed E-state index contributed by atoms with van der Waals surface area (Å²) in [4.78, 5) is 15.7. The van der Waals surface area contributed by atoms with Crippen LogP contribution in [0, 0.1) is 0 Å². The average molecular weight is 282 g/mol. The zero-order chi connectivity index (χ0) is 13.0. The summed E-state index contributed by atoms with van der Waals surface area (Å²) in [7, 11) is 0. The van der Waals surface area contributed by atoms with Gasteiger partial charge in [0.2, 0.25) is 0 Å². The molecule has 0 N–H and O–H groups in total. The number of ketones is 1. The zero-order valence-corrected chi connectivity index (χ0v) is 10.8. The lowest BCUT2D eigenvalue weighted by molar-refractivity contribution is 0.0921. The van der Waals surface area contributed by atoms with E-state index in [-0.39, 0.29) is 12.4 Å². The summed E-state index contributed by atoms with van der Waals surface area (Å²) in [6.45, 7) is -0.0658. The molecule has 0 saturated heterocycles. The molecule has 0 bridgehead atoms. The van der Waals surface area contributed by atoms with E-state index in [9.17, 15) is 4.79 Å². The molecule has 3 nitrogen and oxygen atoms in total. The predicted octanol–water partition coefficient (Wildman–Crippen LogP) is 3.65. The van der Waals surface area contributed by atoms with Crippen LogP contribution < -0.4 is 4.74 Å². The Morgan fingerprint density at radius 3 is 2.50 bits per heavy atom. The molecule has 18 heavy (non-hydrogen) atoms. The van der Waals surface area contributed by atoms with Gasteiger partial charge >= 0.3 is 0 Å². The second-order valence-electron chi connectivity index (χ2n) is 3.56. The van der Waals surface area contributed by atoms with Gasteiger partial charge in [-0.2, -0.15) is 0 Å². The fraction of sp³-hybridized carbons (Fsp3) is 0.0769. The molecule has 0 amide bonds. The van der Waals surface area contributed by atoms with E-state index in [1.54, 1.807) is 30.3 Å². The summed E-state index contributed by atoms with van der Waals surface area (Å²) in [5, 5.41) is 1.05. The van der Waals surface area contributed by atoms with E-state index >= 15 is 0 Å². The fourth-order valence-electron chi connectivity index (χ4n) is 1.34. The number of benzene rings is 1. The van der Waals surface area contributed by atoms with Crippen molar-refractivity contribution in [1.82, 2.24) is 4.98 Å². The lowest BCUT2D eigenvalue weighted by Gasteiger charge is -2.05. The summed E-state index contributed by atoms with van der Waals surface area (Å²) >= 11 is 11.5. The third kappa shape index (κ3) is 3.45. The van der Waals surface area contributed by atoms with Gasteiger partial charge in [-0.1, -0.05) is 23.2 Å². The number of carbonyl (C=O) groups is 1. The molecule has 2 rings (SSSR count). The van der Waals surface area contributed by atoms with Crippen molar-refractivity contribution in [3.63, 3.8) is 0 Å². The van der Waals surface area contributed by atoms with Crippen LogP contribution in [0.15, 0.2) is 42.7 Å². The van der Waals surface area contributed by atoms with Crippen molar-refractivity contribution in [2.45, 2.75) is 0 Å². The number of ether oxygens (including phenoxy) is 1. The van der Waals surface area contributed by atoms with Gasteiger partial charge in [0.25, 0.3) is 0 Å². The van der Waals surface area contributed by atoms with Crippen LogP contribution in [0.25, 0.3) is 0 Å². The highest BCUT2D eigenvalue weighted by Gasteiger charge is 2.07. The van der Waals surface area contributed by atoms with E-state index < -0.39 is 0 Å². The summed E-state index contributed by atoms with van der Waals surface area (Å²) in [6.07, 6.45) is 3.00. The minimum atomic E-state index is -0.133. The Hall–Kier alpha value is -1.58. The van der Waals surface area contributed by atoms with Crippen LogP contribution >= 0.6 is 23.2 Å². The molecule has 1 aromatic carbocycles. The first-order valence-electron chi connectivity index (χ1n) is 5.17. The van der Waals surface area contributed by atoms with Crippen molar-refractivity contribution in [1.29, 1.82) is 0 Å². The van der Waals surface area contributed by atoms with E-state index in [1.807, 2.05) is 0 Å². The van der Waals surface area contributed by atoms with Crippen molar-refractivity contribution in [2.24, 2.45) is 0 Å². The molecule has 5 heteroatoms. The van der Waals surface area contributed by atoms with Gasteiger partial charge in [0, 0.05) is 22.8 Å². The molecule has 1 heterocycles. The van der Waals surface area contributed by atoms with Crippen LogP contribution in [0.4, 0.5) is 0 Å². The number of Topliss-reactive ketones (excluding diaryl/α,β-unsaturated/α-hetero) is 1. The maximum Gasteiger partial charge on any atom is 0.200 e. The molecule has 0 unspecified atom stereocenters. The van der Waals surface area contributed by atoms with Crippen LogP contribution in [0.5, 0.6) is 5.75 Å². The Balaban J connectivity index is 1.98. The van der Waals surface area contributed by atoms with E-state index in [1.165, 1.54) is 12.4 Å². The van der Waals surface area contributed by atoms with Gasteiger partial charge in [0.05, 0.1) is 11.2 Å². The third-order valence-corrected chi connectivity index (χ3v) is 2.67. The molecule has 0 aliphatic heterocycles. The summed E-state index contributed by atoms with van der Waals surface area (Å²) < 4.78 is 5.30. The first-order valence-corrected chi connectivity index (χ1v) is 5.93. The van der Waals surface area contributed by atoms with Crippen LogP contribution in [0.2, 0.25) is 10.0 Å². The highest BCUT2D eigenvalue weighted by molar-refractivity contribution is 6.30. The molecule has 2 aromatic rings. The summed E-state index contributed by atoms with van der Waals surface area (Å²) in [5.74, 6) is 0.330. The highest BCUT2D eigenvalue weighted by Crippen LogP contribution is 2.16. The number of carbonyl (C=O) groups excluding carboxylic acids is 1. The predicted molar refractivity (Wildman–Crippen MR) is 70.5 cm³/mol. The van der Waals surface area contributed by atoms with Crippen molar-refractivity contribution >= 4 is 29.0 Å². The van der Waals surface area contributed by atoms with Gasteiger partial charge < -0.3 is 4.74 Å². The van der Waals surface area contributed by atoms with Crippen molar-refractivity contribution in [3.8, 4) is 5.75 Å². The number of hydrogen-bond donors (Lipinski definition) is 0. The minimum absolute atomic E-state index is 0.0658. The molecule has 1 aromatic heterocycles. The number of hydrogen-bond acceptors (Lipinski definition) is 3. The van der Waals surface area contributed by atoms with E-state index in [4.69, 9.17) is 27.9 Å². The van der Waals surface area contributed by atoms with Crippen molar-refractivity contribution in [2.75, 3.05) is 6.61 Å². The molecule has 0 fully saturated rings. The first kappa shape index (κ1) is 12.9. The average Bonchev–Trinajstić information content (AvgIpc) is 2.37. The van der Waals surface area contributed by atoms with E-state index in [0.29, 0.717) is 21.4 Å². The number of pyridine rings is 1. The number of rotatable bonds is 4. The lowest BCUT2D eigenvalue weighted by atomic mass is 10.1. The molecule has 0 radical (unpaired) electrons. The van der Waals surface area contributed by atoms with Gasteiger partial charge in [0.1, 0.15) is 5.75 Å². The zero-order valence-electron chi connectivity index (χ0n) is 9.27. The number of aromatic nitrogens is 1. The molecule has 0 atom stereocenters. The monoisotopic (exact) mass is 281 g/mol. The standard InChI is InChI=1S/C13H9Cl2NO2/c14-10-3-1-9(2-4-10)13(17)8-18-12-5-11(15)6-16-7-12/h1-7H,8H2. The molecular weight excluding hydrogens is 273 g/mol. The SMILES string of the molecule is O=C(COc1cncc(Cl)c1)c1ccc(Cl)cc1. The number of nitrogens with zero attached hydrogens (tertiary/aromatic N) is 1. The summed E-state index contributed by atoms with van der Waals surface area (Å²) in [5.41, 5.74) is 0.550. The molecule has 92 valence electrons. The highest BCUT2D eigenvalue weighted by atomic mass is 35.5. The quantitative estimate of drug-likeness (QED) is 0.803. The van der Waals surface area contributed by atoms with Gasteiger partial charge in [-0.05, 0) is 24.3 Å². The Morgan fingerprint density at radius 2 is 1.83 bits per heavy atom. The first-order chi connectivity index (χ1) is 8.65. The van der Waals surface area contributed by atoms with E-state index in [2.05, 4.69) is 4.98 Å². The number of halogens is 2. The van der Waals surface area contributed by atoms with Gasteiger partial charge in [0.15, 0.2) is 12.4 Å². The van der Waals surface area contributed by atoms with Crippen LogP contribution in [-0.4, -0.2) is 17.4 Å². The van der Waals surface area contributed by atoms with Crippen LogP contribution in [0.3, 0.4) is 0 Å². The van der Waals surface area contributed by atoms with Gasteiger partial charge in [-0.15, -0.1) is 0 Å². The second kappa shape index (κ2) is 5.85. The van der Waals surface area contributed by atoms with Crippen molar-refractivity contribution < 1.29 is 9.53 Å². The van der Waals surface area contributed by atoms with Crippen LogP contribution in [0.1, 0.15) is 10.4 Å². The Kier molecular flexibility index (Phi) is 4.18. The maximum atomic E-state index is 11.8. The topological polar surface area (TPSA) is 39.2 Å². The Bertz CT molecular complexity index is 555. The Morgan fingerprint density at radius 1 is 1.11 bits per heavy atom. The van der Waals surface area contributed by atoms with Crippen molar-refractivity contribution in [3.05, 3.63) is 58.3 Å². The third-order valence-electron chi connectivity index (χ3n) is 2.22. The summed E-state index contributed by atoms with van der Waals surface area (Å²) in [6, 6.07) is 8.24. The molecule has 0 saturated carbocycles. The molecule has 0 aliphatic rings. The largest absolute Gasteiger partial charge is 0.484 e. The fourth-order valence-corrected chi connectivity index (χ4v) is 1.63. The smallest absolute Gasteiger partial charge is 0.200 e. The minimum Gasteiger partial charge on any atom is -0.484 e. The van der Waals surface area contributed by atoms with Gasteiger partial charge in [-0.3, -0.25) is 9.78 Å². The normalized spacial score (nSPS) is 10.1. The van der Waals surface area contributed by atoms with Crippen LogP contribution in [-0.2, 0) is 0 Å². The second-order valence-corrected chi connectivity index (χ2v) is 4.43. The lowest BCUT2D eigenvalue weighted by Crippen LogP contribution is -2.11. The van der Waals surface area contributed by atoms with E-state index in [0.717, 1.165) is 0 Å². The van der Waals surface area contributed by atoms with Gasteiger partial charge in [-0.25, -0.2) is 0 Å². The molecule has 0 spiro atoms. The Labute approximate surface area is 114 Å². The maximum absolute atomic E-state index is 11.8. The molecular formula is C13H9Cl2NO2.